The Morgan fingerprint density at radius 1 is 0.857 bits per heavy atom. The van der Waals surface area contributed by atoms with E-state index in [0.29, 0.717) is 15.6 Å². The number of benzene rings is 1. The van der Waals surface area contributed by atoms with E-state index in [0.717, 1.165) is 23.5 Å². The topological polar surface area (TPSA) is 12.9 Å². The van der Waals surface area contributed by atoms with Crippen molar-refractivity contribution in [1.82, 2.24) is 4.98 Å². The van der Waals surface area contributed by atoms with Crippen LogP contribution >= 0.6 is 11.3 Å². The van der Waals surface area contributed by atoms with Crippen molar-refractivity contribution >= 4 is 11.3 Å². The summed E-state index contributed by atoms with van der Waals surface area (Å²) in [7, 11) is 0. The zero-order chi connectivity index (χ0) is 16.0. The van der Waals surface area contributed by atoms with Crippen molar-refractivity contribution in [1.29, 1.82) is 0 Å². The average molecular weight is 325 g/mol. The van der Waals surface area contributed by atoms with Gasteiger partial charge in [0.05, 0.1) is 26.7 Å². The molecule has 0 aliphatic heterocycles. The summed E-state index contributed by atoms with van der Waals surface area (Å²) in [4.78, 5) is 4.34. The first-order valence-electron chi connectivity index (χ1n) is 5.72. The molecule has 1 aromatic carbocycles. The summed E-state index contributed by atoms with van der Waals surface area (Å²) in [6, 6.07) is 1.55. The quantitative estimate of drug-likeness (QED) is 0.634. The Morgan fingerprint density at radius 2 is 1.33 bits per heavy atom. The second kappa shape index (κ2) is 5.01. The number of rotatable bonds is 1. The second-order valence-electron chi connectivity index (χ2n) is 4.44. The number of nitrogens with zero attached hydrogens (tertiary/aromatic N) is 1. The molecule has 0 fully saturated rings. The van der Waals surface area contributed by atoms with E-state index in [1.807, 2.05) is 0 Å². The zero-order valence-electron chi connectivity index (χ0n) is 10.9. The van der Waals surface area contributed by atoms with Gasteiger partial charge in [0, 0.05) is 0 Å². The summed E-state index contributed by atoms with van der Waals surface area (Å²) in [6.45, 7) is 3.19. The summed E-state index contributed by atoms with van der Waals surface area (Å²) >= 11 is 1.06. The summed E-state index contributed by atoms with van der Waals surface area (Å²) in [5.74, 6) is 0. The van der Waals surface area contributed by atoms with Crippen molar-refractivity contribution in [3.63, 3.8) is 0 Å². The molecule has 0 radical (unpaired) electrons. The Morgan fingerprint density at radius 3 is 1.67 bits per heavy atom. The summed E-state index contributed by atoms with van der Waals surface area (Å²) < 4.78 is 76.7. The molecule has 0 aliphatic rings. The van der Waals surface area contributed by atoms with Crippen LogP contribution in [0.15, 0.2) is 18.2 Å². The van der Waals surface area contributed by atoms with E-state index in [2.05, 4.69) is 4.98 Å². The number of thiazole rings is 1. The Balaban J connectivity index is 2.69. The van der Waals surface area contributed by atoms with Gasteiger partial charge >= 0.3 is 12.4 Å². The molecule has 114 valence electrons. The molecule has 0 atom stereocenters. The smallest absolute Gasteiger partial charge is 0.246 e. The highest BCUT2D eigenvalue weighted by atomic mass is 32.1. The Bertz CT molecular complexity index is 636. The highest BCUT2D eigenvalue weighted by Crippen LogP contribution is 2.40. The van der Waals surface area contributed by atoms with Crippen molar-refractivity contribution in [2.75, 3.05) is 0 Å². The van der Waals surface area contributed by atoms with Crippen molar-refractivity contribution in [3.05, 3.63) is 40.0 Å². The fourth-order valence-electron chi connectivity index (χ4n) is 1.89. The van der Waals surface area contributed by atoms with E-state index < -0.39 is 23.5 Å². The predicted octanol–water partition coefficient (Wildman–Crippen LogP) is 5.46. The van der Waals surface area contributed by atoms with Crippen molar-refractivity contribution in [3.8, 4) is 10.4 Å². The number of hydrogen-bond acceptors (Lipinski definition) is 2. The average Bonchev–Trinajstić information content (AvgIpc) is 2.65. The first-order valence-corrected chi connectivity index (χ1v) is 6.54. The lowest BCUT2D eigenvalue weighted by molar-refractivity contribution is -0.143. The summed E-state index contributed by atoms with van der Waals surface area (Å²) in [5, 5.41) is 0.577. The number of alkyl halides is 6. The minimum atomic E-state index is -4.84. The summed E-state index contributed by atoms with van der Waals surface area (Å²) in [5.41, 5.74) is -2.36. The van der Waals surface area contributed by atoms with Gasteiger partial charge in [0.15, 0.2) is 0 Å². The molecule has 2 rings (SSSR count). The van der Waals surface area contributed by atoms with Gasteiger partial charge in [0.25, 0.3) is 0 Å². The highest BCUT2D eigenvalue weighted by molar-refractivity contribution is 7.15. The van der Waals surface area contributed by atoms with Crippen LogP contribution in [0.25, 0.3) is 10.4 Å². The SMILES string of the molecule is Cc1nc(C)c(-c2cc(C(F)(F)F)cc(C(F)(F)F)c2)s1. The third-order valence-electron chi connectivity index (χ3n) is 2.75. The predicted molar refractivity (Wildman–Crippen MR) is 67.0 cm³/mol. The van der Waals surface area contributed by atoms with Crippen molar-refractivity contribution < 1.29 is 26.3 Å². The van der Waals surface area contributed by atoms with Crippen LogP contribution in [0, 0.1) is 13.8 Å². The van der Waals surface area contributed by atoms with Crippen molar-refractivity contribution in [2.45, 2.75) is 26.2 Å². The van der Waals surface area contributed by atoms with Crippen LogP contribution in [-0.4, -0.2) is 4.98 Å². The normalized spacial score (nSPS) is 12.8. The number of hydrogen-bond donors (Lipinski definition) is 0. The molecular weight excluding hydrogens is 316 g/mol. The standard InChI is InChI=1S/C13H9F6NS/c1-6-11(21-7(2)20-6)8-3-9(12(14,15)16)5-10(4-8)13(17,18)19/h3-5H,1-2H3. The molecule has 1 nitrogen and oxygen atoms in total. The fourth-order valence-corrected chi connectivity index (χ4v) is 2.79. The lowest BCUT2D eigenvalue weighted by Crippen LogP contribution is -2.11. The number of aryl methyl sites for hydroxylation is 2. The Hall–Kier alpha value is -1.57. The van der Waals surface area contributed by atoms with Gasteiger partial charge in [-0.25, -0.2) is 4.98 Å². The highest BCUT2D eigenvalue weighted by Gasteiger charge is 2.37. The van der Waals surface area contributed by atoms with Crippen LogP contribution in [0.4, 0.5) is 26.3 Å². The van der Waals surface area contributed by atoms with Gasteiger partial charge in [-0.2, -0.15) is 26.3 Å². The summed E-state index contributed by atoms with van der Waals surface area (Å²) in [6.07, 6.45) is -9.69. The number of halogens is 6. The van der Waals surface area contributed by atoms with Crippen LogP contribution in [0.5, 0.6) is 0 Å². The number of aromatic nitrogens is 1. The molecule has 0 bridgehead atoms. The minimum Gasteiger partial charge on any atom is -0.246 e. The van der Waals surface area contributed by atoms with E-state index in [4.69, 9.17) is 0 Å². The lowest BCUT2D eigenvalue weighted by Gasteiger charge is -2.13. The van der Waals surface area contributed by atoms with Gasteiger partial charge in [0.1, 0.15) is 0 Å². The first kappa shape index (κ1) is 15.8. The molecule has 0 spiro atoms. The van der Waals surface area contributed by atoms with Gasteiger partial charge in [-0.3, -0.25) is 0 Å². The van der Waals surface area contributed by atoms with Crippen molar-refractivity contribution in [2.24, 2.45) is 0 Å². The van der Waals surface area contributed by atoms with Crippen LogP contribution in [0.3, 0.4) is 0 Å². The molecule has 8 heteroatoms. The third-order valence-corrected chi connectivity index (χ3v) is 3.88. The Kier molecular flexibility index (Phi) is 3.77. The zero-order valence-corrected chi connectivity index (χ0v) is 11.7. The van der Waals surface area contributed by atoms with E-state index in [9.17, 15) is 26.3 Å². The van der Waals surface area contributed by atoms with Gasteiger partial charge in [0.2, 0.25) is 0 Å². The third kappa shape index (κ3) is 3.37. The van der Waals surface area contributed by atoms with E-state index in [-0.39, 0.29) is 11.6 Å². The largest absolute Gasteiger partial charge is 0.416 e. The second-order valence-corrected chi connectivity index (χ2v) is 5.65. The van der Waals surface area contributed by atoms with Crippen LogP contribution in [0.1, 0.15) is 21.8 Å². The molecule has 1 aromatic heterocycles. The molecule has 0 saturated carbocycles. The molecule has 21 heavy (non-hydrogen) atoms. The molecule has 1 heterocycles. The lowest BCUT2D eigenvalue weighted by atomic mass is 10.0. The van der Waals surface area contributed by atoms with Crippen LogP contribution in [-0.2, 0) is 12.4 Å². The maximum absolute atomic E-state index is 12.8. The Labute approximate surface area is 120 Å². The van der Waals surface area contributed by atoms with Crippen LogP contribution in [0.2, 0.25) is 0 Å². The van der Waals surface area contributed by atoms with E-state index >= 15 is 0 Å². The first-order chi connectivity index (χ1) is 9.48. The fraction of sp³-hybridized carbons (Fsp3) is 0.308. The van der Waals surface area contributed by atoms with Gasteiger partial charge in [-0.05, 0) is 37.6 Å². The van der Waals surface area contributed by atoms with E-state index in [1.54, 1.807) is 13.8 Å². The molecule has 0 N–H and O–H groups in total. The molecule has 0 unspecified atom stereocenters. The van der Waals surface area contributed by atoms with E-state index in [1.165, 1.54) is 0 Å². The maximum atomic E-state index is 12.8. The molecule has 2 aromatic rings. The van der Waals surface area contributed by atoms with Crippen LogP contribution < -0.4 is 0 Å². The minimum absolute atomic E-state index is 0.118. The molecule has 0 saturated heterocycles. The maximum Gasteiger partial charge on any atom is 0.416 e. The van der Waals surface area contributed by atoms with Gasteiger partial charge in [-0.15, -0.1) is 11.3 Å². The van der Waals surface area contributed by atoms with Gasteiger partial charge in [-0.1, -0.05) is 0 Å². The monoisotopic (exact) mass is 325 g/mol. The molecule has 0 amide bonds. The molecular formula is C13H9F6NS. The van der Waals surface area contributed by atoms with Gasteiger partial charge < -0.3 is 0 Å². The molecule has 0 aliphatic carbocycles.